The van der Waals surface area contributed by atoms with E-state index in [0.717, 1.165) is 24.3 Å². The SMILES string of the molecule is CC(N)c1cncn1CC(C1CC1)C1CC1. The van der Waals surface area contributed by atoms with Gasteiger partial charge in [-0.3, -0.25) is 0 Å². The zero-order chi connectivity index (χ0) is 11.1. The van der Waals surface area contributed by atoms with Gasteiger partial charge in [-0.1, -0.05) is 0 Å². The molecular weight excluding hydrogens is 198 g/mol. The van der Waals surface area contributed by atoms with E-state index in [1.807, 2.05) is 19.4 Å². The third-order valence-electron chi connectivity index (χ3n) is 4.07. The maximum atomic E-state index is 5.96. The molecule has 1 unspecified atom stereocenters. The number of nitrogens with zero attached hydrogens (tertiary/aromatic N) is 2. The van der Waals surface area contributed by atoms with E-state index in [2.05, 4.69) is 9.55 Å². The van der Waals surface area contributed by atoms with Gasteiger partial charge in [0.25, 0.3) is 0 Å². The van der Waals surface area contributed by atoms with Gasteiger partial charge < -0.3 is 10.3 Å². The highest BCUT2D eigenvalue weighted by molar-refractivity contribution is 5.04. The lowest BCUT2D eigenvalue weighted by atomic mass is 9.97. The average Bonchev–Trinajstić information content (AvgIpc) is 3.14. The lowest BCUT2D eigenvalue weighted by molar-refractivity contribution is 0.342. The minimum Gasteiger partial charge on any atom is -0.333 e. The topological polar surface area (TPSA) is 43.8 Å². The minimum atomic E-state index is 0.0987. The van der Waals surface area contributed by atoms with Crippen LogP contribution in [0, 0.1) is 17.8 Å². The molecule has 0 bridgehead atoms. The van der Waals surface area contributed by atoms with Crippen molar-refractivity contribution in [3.8, 4) is 0 Å². The second-order valence-corrected chi connectivity index (χ2v) is 5.60. The predicted octanol–water partition coefficient (Wildman–Crippen LogP) is 2.34. The summed E-state index contributed by atoms with van der Waals surface area (Å²) in [5.41, 5.74) is 7.14. The van der Waals surface area contributed by atoms with E-state index in [0.29, 0.717) is 0 Å². The van der Waals surface area contributed by atoms with Crippen molar-refractivity contribution in [3.05, 3.63) is 18.2 Å². The molecule has 0 amide bonds. The third-order valence-corrected chi connectivity index (χ3v) is 4.07. The lowest BCUT2D eigenvalue weighted by Gasteiger charge is -2.19. The van der Waals surface area contributed by atoms with Crippen LogP contribution in [0.15, 0.2) is 12.5 Å². The first-order valence-electron chi connectivity index (χ1n) is 6.51. The molecule has 0 aliphatic heterocycles. The molecule has 0 saturated heterocycles. The summed E-state index contributed by atoms with van der Waals surface area (Å²) in [5, 5.41) is 0. The minimum absolute atomic E-state index is 0.0987. The molecule has 0 radical (unpaired) electrons. The Balaban J connectivity index is 1.73. The highest BCUT2D eigenvalue weighted by Crippen LogP contribution is 2.49. The van der Waals surface area contributed by atoms with E-state index in [4.69, 9.17) is 5.73 Å². The molecular formula is C13H21N3. The van der Waals surface area contributed by atoms with Crippen LogP contribution in [0.25, 0.3) is 0 Å². The Kier molecular flexibility index (Phi) is 2.51. The summed E-state index contributed by atoms with van der Waals surface area (Å²) >= 11 is 0. The second-order valence-electron chi connectivity index (χ2n) is 5.60. The van der Waals surface area contributed by atoms with Crippen molar-refractivity contribution in [2.45, 2.75) is 45.2 Å². The molecule has 16 heavy (non-hydrogen) atoms. The van der Waals surface area contributed by atoms with Crippen molar-refractivity contribution >= 4 is 0 Å². The van der Waals surface area contributed by atoms with Crippen molar-refractivity contribution in [3.63, 3.8) is 0 Å². The molecule has 1 aromatic heterocycles. The first-order valence-corrected chi connectivity index (χ1v) is 6.51. The van der Waals surface area contributed by atoms with Gasteiger partial charge in [0, 0.05) is 18.8 Å². The van der Waals surface area contributed by atoms with Gasteiger partial charge in [-0.15, -0.1) is 0 Å². The molecule has 2 aliphatic rings. The average molecular weight is 219 g/mol. The first kappa shape index (κ1) is 10.3. The molecule has 0 spiro atoms. The summed E-state index contributed by atoms with van der Waals surface area (Å²) in [6.45, 7) is 3.18. The number of nitrogens with two attached hydrogens (primary N) is 1. The summed E-state index contributed by atoms with van der Waals surface area (Å²) < 4.78 is 2.28. The fourth-order valence-electron chi connectivity index (χ4n) is 2.82. The van der Waals surface area contributed by atoms with Gasteiger partial charge in [-0.05, 0) is 50.4 Å². The highest BCUT2D eigenvalue weighted by Gasteiger charge is 2.41. The third kappa shape index (κ3) is 2.01. The van der Waals surface area contributed by atoms with Gasteiger partial charge in [-0.2, -0.15) is 0 Å². The zero-order valence-corrected chi connectivity index (χ0v) is 9.97. The van der Waals surface area contributed by atoms with Crippen molar-refractivity contribution in [1.82, 2.24) is 9.55 Å². The standard InChI is InChI=1S/C13H21N3/c1-9(14)13-6-15-8-16(13)7-12(10-2-3-10)11-4-5-11/h6,8-12H,2-5,7,14H2,1H3. The summed E-state index contributed by atoms with van der Waals surface area (Å²) in [6, 6.07) is 0.0987. The Morgan fingerprint density at radius 2 is 2.00 bits per heavy atom. The molecule has 3 rings (SSSR count). The van der Waals surface area contributed by atoms with E-state index < -0.39 is 0 Å². The Labute approximate surface area is 97.0 Å². The molecule has 0 aromatic carbocycles. The summed E-state index contributed by atoms with van der Waals surface area (Å²) in [5.74, 6) is 2.89. The summed E-state index contributed by atoms with van der Waals surface area (Å²) in [4.78, 5) is 4.24. The number of imidazole rings is 1. The van der Waals surface area contributed by atoms with Gasteiger partial charge in [0.2, 0.25) is 0 Å². The van der Waals surface area contributed by atoms with Gasteiger partial charge in [0.1, 0.15) is 0 Å². The maximum absolute atomic E-state index is 5.96. The van der Waals surface area contributed by atoms with E-state index in [1.165, 1.54) is 31.4 Å². The Morgan fingerprint density at radius 3 is 2.50 bits per heavy atom. The molecule has 1 atom stereocenters. The van der Waals surface area contributed by atoms with Crippen LogP contribution < -0.4 is 5.73 Å². The lowest BCUT2D eigenvalue weighted by Crippen LogP contribution is -2.19. The van der Waals surface area contributed by atoms with Crippen LogP contribution in [0.4, 0.5) is 0 Å². The Hall–Kier alpha value is -0.830. The number of hydrogen-bond acceptors (Lipinski definition) is 2. The smallest absolute Gasteiger partial charge is 0.0948 e. The molecule has 1 aromatic rings. The Morgan fingerprint density at radius 1 is 1.38 bits per heavy atom. The predicted molar refractivity (Wildman–Crippen MR) is 63.8 cm³/mol. The van der Waals surface area contributed by atoms with Crippen molar-refractivity contribution < 1.29 is 0 Å². The molecule has 2 N–H and O–H groups in total. The van der Waals surface area contributed by atoms with E-state index in [9.17, 15) is 0 Å². The van der Waals surface area contributed by atoms with Crippen molar-refractivity contribution in [2.24, 2.45) is 23.5 Å². The molecule has 88 valence electrons. The fraction of sp³-hybridized carbons (Fsp3) is 0.769. The van der Waals surface area contributed by atoms with Crippen LogP contribution in [0.1, 0.15) is 44.3 Å². The molecule has 3 nitrogen and oxygen atoms in total. The highest BCUT2D eigenvalue weighted by atomic mass is 15.1. The van der Waals surface area contributed by atoms with Crippen molar-refractivity contribution in [2.75, 3.05) is 0 Å². The van der Waals surface area contributed by atoms with Crippen LogP contribution >= 0.6 is 0 Å². The number of aromatic nitrogens is 2. The normalized spacial score (nSPS) is 22.7. The molecule has 3 heteroatoms. The van der Waals surface area contributed by atoms with Crippen LogP contribution in [0.3, 0.4) is 0 Å². The number of hydrogen-bond donors (Lipinski definition) is 1. The second kappa shape index (κ2) is 3.88. The van der Waals surface area contributed by atoms with E-state index >= 15 is 0 Å². The Bertz CT molecular complexity index is 349. The summed E-state index contributed by atoms with van der Waals surface area (Å²) in [6.07, 6.45) is 9.66. The summed E-state index contributed by atoms with van der Waals surface area (Å²) in [7, 11) is 0. The molecule has 1 heterocycles. The van der Waals surface area contributed by atoms with Crippen molar-refractivity contribution in [1.29, 1.82) is 0 Å². The quantitative estimate of drug-likeness (QED) is 0.826. The van der Waals surface area contributed by atoms with Gasteiger partial charge >= 0.3 is 0 Å². The first-order chi connectivity index (χ1) is 7.75. The van der Waals surface area contributed by atoms with E-state index in [1.54, 1.807) is 0 Å². The maximum Gasteiger partial charge on any atom is 0.0948 e. The monoisotopic (exact) mass is 219 g/mol. The molecule has 2 aliphatic carbocycles. The molecule has 2 saturated carbocycles. The fourth-order valence-corrected chi connectivity index (χ4v) is 2.82. The van der Waals surface area contributed by atoms with E-state index in [-0.39, 0.29) is 6.04 Å². The van der Waals surface area contributed by atoms with Crippen LogP contribution in [-0.4, -0.2) is 9.55 Å². The van der Waals surface area contributed by atoms with Crippen LogP contribution in [0.2, 0.25) is 0 Å². The number of rotatable bonds is 5. The largest absolute Gasteiger partial charge is 0.333 e. The van der Waals surface area contributed by atoms with Gasteiger partial charge in [0.15, 0.2) is 0 Å². The van der Waals surface area contributed by atoms with Crippen LogP contribution in [0.5, 0.6) is 0 Å². The van der Waals surface area contributed by atoms with Gasteiger partial charge in [0.05, 0.1) is 12.0 Å². The van der Waals surface area contributed by atoms with Gasteiger partial charge in [-0.25, -0.2) is 4.98 Å². The molecule has 2 fully saturated rings. The zero-order valence-electron chi connectivity index (χ0n) is 9.97. The van der Waals surface area contributed by atoms with Crippen LogP contribution in [-0.2, 0) is 6.54 Å².